The Morgan fingerprint density at radius 1 is 1.25 bits per heavy atom. The van der Waals surface area contributed by atoms with Crippen LogP contribution in [0.1, 0.15) is 19.5 Å². The summed E-state index contributed by atoms with van der Waals surface area (Å²) < 4.78 is 5.44. The lowest BCUT2D eigenvalue weighted by Crippen LogP contribution is -2.28. The highest BCUT2D eigenvalue weighted by atomic mass is 16.5. The number of aliphatic hydroxyl groups excluding tert-OH is 1. The smallest absolute Gasteiger partial charge is 0.233 e. The molecule has 0 atom stereocenters. The first kappa shape index (κ1) is 12.9. The molecule has 1 heterocycles. The van der Waals surface area contributed by atoms with Crippen molar-refractivity contribution >= 4 is 0 Å². The Bertz CT molecular complexity index is 286. The van der Waals surface area contributed by atoms with Crippen LogP contribution in [0.5, 0.6) is 5.88 Å². The molecule has 0 spiro atoms. The summed E-state index contributed by atoms with van der Waals surface area (Å²) in [7, 11) is 0. The molecular formula is C11H19N3O2. The molecule has 0 aliphatic rings. The van der Waals surface area contributed by atoms with Gasteiger partial charge in [0.15, 0.2) is 0 Å². The molecule has 1 aromatic rings. The van der Waals surface area contributed by atoms with E-state index in [1.54, 1.807) is 12.1 Å². The fourth-order valence-corrected chi connectivity index (χ4v) is 1.33. The summed E-state index contributed by atoms with van der Waals surface area (Å²) in [5.41, 5.74) is 0.552. The van der Waals surface area contributed by atoms with Gasteiger partial charge in [-0.3, -0.25) is 0 Å². The van der Waals surface area contributed by atoms with Crippen molar-refractivity contribution in [2.24, 2.45) is 0 Å². The first-order valence-electron chi connectivity index (χ1n) is 5.58. The van der Waals surface area contributed by atoms with Crippen LogP contribution in [0.2, 0.25) is 0 Å². The Kier molecular flexibility index (Phi) is 5.74. The van der Waals surface area contributed by atoms with Gasteiger partial charge in [-0.15, -0.1) is 10.2 Å². The van der Waals surface area contributed by atoms with Crippen LogP contribution in [0.3, 0.4) is 0 Å². The SMILES string of the molecule is CCN(CC)CCOc1ccc(CO)nn1. The standard InChI is InChI=1S/C11H19N3O2/c1-3-14(4-2)7-8-16-11-6-5-10(9-15)12-13-11/h5-6,15H,3-4,7-9H2,1-2H3. The average molecular weight is 225 g/mol. The molecule has 0 amide bonds. The van der Waals surface area contributed by atoms with E-state index in [4.69, 9.17) is 9.84 Å². The molecule has 0 bridgehead atoms. The summed E-state index contributed by atoms with van der Waals surface area (Å²) in [4.78, 5) is 2.27. The molecule has 0 radical (unpaired) electrons. The van der Waals surface area contributed by atoms with Crippen molar-refractivity contribution in [2.45, 2.75) is 20.5 Å². The number of likely N-dealkylation sites (N-methyl/N-ethyl adjacent to an activating group) is 1. The Balaban J connectivity index is 2.31. The molecule has 0 fully saturated rings. The number of nitrogens with zero attached hydrogens (tertiary/aromatic N) is 3. The number of aromatic nitrogens is 2. The van der Waals surface area contributed by atoms with E-state index in [-0.39, 0.29) is 6.61 Å². The van der Waals surface area contributed by atoms with Crippen molar-refractivity contribution in [3.8, 4) is 5.88 Å². The lowest BCUT2D eigenvalue weighted by molar-refractivity contribution is 0.215. The summed E-state index contributed by atoms with van der Waals surface area (Å²) in [6.07, 6.45) is 0. The van der Waals surface area contributed by atoms with Crippen LogP contribution in [-0.4, -0.2) is 46.4 Å². The van der Waals surface area contributed by atoms with E-state index in [9.17, 15) is 0 Å². The summed E-state index contributed by atoms with van der Waals surface area (Å²) in [6.45, 7) is 7.70. The lowest BCUT2D eigenvalue weighted by atomic mass is 10.4. The molecule has 5 nitrogen and oxygen atoms in total. The fourth-order valence-electron chi connectivity index (χ4n) is 1.33. The van der Waals surface area contributed by atoms with E-state index >= 15 is 0 Å². The molecule has 0 aliphatic heterocycles. The minimum absolute atomic E-state index is 0.0905. The zero-order valence-corrected chi connectivity index (χ0v) is 9.89. The number of hydrogen-bond donors (Lipinski definition) is 1. The molecular weight excluding hydrogens is 206 g/mol. The van der Waals surface area contributed by atoms with E-state index < -0.39 is 0 Å². The topological polar surface area (TPSA) is 58.5 Å². The summed E-state index contributed by atoms with van der Waals surface area (Å²) >= 11 is 0. The van der Waals surface area contributed by atoms with Crippen molar-refractivity contribution in [3.63, 3.8) is 0 Å². The third kappa shape index (κ3) is 4.12. The third-order valence-corrected chi connectivity index (χ3v) is 2.41. The van der Waals surface area contributed by atoms with Crippen molar-refractivity contribution in [2.75, 3.05) is 26.2 Å². The minimum atomic E-state index is -0.0905. The van der Waals surface area contributed by atoms with E-state index in [0.29, 0.717) is 18.2 Å². The average Bonchev–Trinajstić information content (AvgIpc) is 2.35. The Labute approximate surface area is 96.1 Å². The van der Waals surface area contributed by atoms with Crippen LogP contribution >= 0.6 is 0 Å². The van der Waals surface area contributed by atoms with Crippen molar-refractivity contribution in [3.05, 3.63) is 17.8 Å². The maximum absolute atomic E-state index is 8.79. The van der Waals surface area contributed by atoms with Gasteiger partial charge in [-0.25, -0.2) is 0 Å². The van der Waals surface area contributed by atoms with Crippen LogP contribution in [0, 0.1) is 0 Å². The summed E-state index contributed by atoms with van der Waals surface area (Å²) in [5, 5.41) is 16.4. The van der Waals surface area contributed by atoms with E-state index in [1.807, 2.05) is 0 Å². The van der Waals surface area contributed by atoms with Gasteiger partial charge in [-0.2, -0.15) is 0 Å². The Hall–Kier alpha value is -1.20. The van der Waals surface area contributed by atoms with Gasteiger partial charge in [0.25, 0.3) is 0 Å². The summed E-state index contributed by atoms with van der Waals surface area (Å²) in [5.74, 6) is 0.504. The molecule has 0 aromatic carbocycles. The molecule has 0 saturated carbocycles. The van der Waals surface area contributed by atoms with Crippen LogP contribution in [0.15, 0.2) is 12.1 Å². The van der Waals surface area contributed by atoms with E-state index in [2.05, 4.69) is 28.9 Å². The zero-order chi connectivity index (χ0) is 11.8. The predicted octanol–water partition coefficient (Wildman–Crippen LogP) is 0.689. The van der Waals surface area contributed by atoms with E-state index in [0.717, 1.165) is 19.6 Å². The molecule has 0 unspecified atom stereocenters. The summed E-state index contributed by atoms with van der Waals surface area (Å²) in [6, 6.07) is 3.43. The maximum Gasteiger partial charge on any atom is 0.233 e. The highest BCUT2D eigenvalue weighted by Crippen LogP contribution is 2.04. The number of hydrogen-bond acceptors (Lipinski definition) is 5. The maximum atomic E-state index is 8.79. The quantitative estimate of drug-likeness (QED) is 0.740. The van der Waals surface area contributed by atoms with Crippen molar-refractivity contribution in [1.29, 1.82) is 0 Å². The predicted molar refractivity (Wildman–Crippen MR) is 61.2 cm³/mol. The number of ether oxygens (including phenoxy) is 1. The zero-order valence-electron chi connectivity index (χ0n) is 9.89. The third-order valence-electron chi connectivity index (χ3n) is 2.41. The Morgan fingerprint density at radius 3 is 2.50 bits per heavy atom. The highest BCUT2D eigenvalue weighted by molar-refractivity contribution is 5.10. The molecule has 16 heavy (non-hydrogen) atoms. The van der Waals surface area contributed by atoms with Crippen LogP contribution in [0.4, 0.5) is 0 Å². The molecule has 1 aromatic heterocycles. The van der Waals surface area contributed by atoms with Crippen LogP contribution in [-0.2, 0) is 6.61 Å². The molecule has 90 valence electrons. The van der Waals surface area contributed by atoms with Gasteiger partial charge in [0, 0.05) is 12.6 Å². The normalized spacial score (nSPS) is 10.8. The second-order valence-electron chi connectivity index (χ2n) is 3.40. The molecule has 1 rings (SSSR count). The Morgan fingerprint density at radius 2 is 2.00 bits per heavy atom. The van der Waals surface area contributed by atoms with Gasteiger partial charge in [0.2, 0.25) is 5.88 Å². The van der Waals surface area contributed by atoms with Crippen molar-refractivity contribution < 1.29 is 9.84 Å². The van der Waals surface area contributed by atoms with Crippen LogP contribution < -0.4 is 4.74 Å². The molecule has 0 saturated heterocycles. The number of rotatable bonds is 7. The monoisotopic (exact) mass is 225 g/mol. The van der Waals surface area contributed by atoms with Gasteiger partial charge in [-0.05, 0) is 19.2 Å². The van der Waals surface area contributed by atoms with Gasteiger partial charge in [-0.1, -0.05) is 13.8 Å². The van der Waals surface area contributed by atoms with Gasteiger partial charge in [0.1, 0.15) is 6.61 Å². The first-order valence-corrected chi connectivity index (χ1v) is 5.58. The van der Waals surface area contributed by atoms with Gasteiger partial charge >= 0.3 is 0 Å². The lowest BCUT2D eigenvalue weighted by Gasteiger charge is -2.17. The second kappa shape index (κ2) is 7.14. The highest BCUT2D eigenvalue weighted by Gasteiger charge is 2.01. The van der Waals surface area contributed by atoms with E-state index in [1.165, 1.54) is 0 Å². The number of aliphatic hydroxyl groups is 1. The fraction of sp³-hybridized carbons (Fsp3) is 0.636. The van der Waals surface area contributed by atoms with Gasteiger partial charge < -0.3 is 14.7 Å². The molecule has 1 N–H and O–H groups in total. The van der Waals surface area contributed by atoms with Crippen LogP contribution in [0.25, 0.3) is 0 Å². The second-order valence-corrected chi connectivity index (χ2v) is 3.40. The van der Waals surface area contributed by atoms with Gasteiger partial charge in [0.05, 0.1) is 12.3 Å². The minimum Gasteiger partial charge on any atom is -0.475 e. The van der Waals surface area contributed by atoms with Crippen molar-refractivity contribution in [1.82, 2.24) is 15.1 Å². The molecule has 0 aliphatic carbocycles. The molecule has 5 heteroatoms. The first-order chi connectivity index (χ1) is 7.80. The largest absolute Gasteiger partial charge is 0.475 e.